The average Bonchev–Trinajstić information content (AvgIpc) is 2.86. The minimum Gasteiger partial charge on any atom is -0.496 e. The van der Waals surface area contributed by atoms with Crippen molar-refractivity contribution in [3.8, 4) is 5.75 Å². The smallest absolute Gasteiger partial charge is 0.259 e. The Balaban J connectivity index is 1.98. The van der Waals surface area contributed by atoms with Crippen LogP contribution in [-0.2, 0) is 11.3 Å². The molecule has 3 aromatic rings. The second-order valence-electron chi connectivity index (χ2n) is 10.2. The Bertz CT molecular complexity index is 1200. The van der Waals surface area contributed by atoms with E-state index in [1.54, 1.807) is 25.3 Å². The predicted molar refractivity (Wildman–Crippen MR) is 147 cm³/mol. The molecule has 0 saturated heterocycles. The normalized spacial score (nSPS) is 12.0. The number of carbonyl (C=O) groups is 2. The van der Waals surface area contributed by atoms with E-state index in [1.165, 1.54) is 0 Å². The van der Waals surface area contributed by atoms with Crippen LogP contribution in [0.25, 0.3) is 0 Å². The first kappa shape index (κ1) is 26.8. The quantitative estimate of drug-likeness (QED) is 0.414. The number of nitrogens with one attached hydrogen (secondary N) is 1. The van der Waals surface area contributed by atoms with Crippen LogP contribution in [0.4, 0.5) is 11.4 Å². The Morgan fingerprint density at radius 1 is 0.944 bits per heavy atom. The summed E-state index contributed by atoms with van der Waals surface area (Å²) in [4.78, 5) is 30.6. The summed E-state index contributed by atoms with van der Waals surface area (Å²) in [6.07, 6.45) is 0. The van der Waals surface area contributed by atoms with Gasteiger partial charge in [-0.1, -0.05) is 63.2 Å². The van der Waals surface area contributed by atoms with Gasteiger partial charge in [0.25, 0.3) is 5.91 Å². The highest BCUT2D eigenvalue weighted by atomic mass is 16.5. The lowest BCUT2D eigenvalue weighted by molar-refractivity contribution is -0.142. The van der Waals surface area contributed by atoms with Crippen molar-refractivity contribution in [2.24, 2.45) is 5.41 Å². The molecule has 0 fully saturated rings. The van der Waals surface area contributed by atoms with E-state index >= 15 is 0 Å². The summed E-state index contributed by atoms with van der Waals surface area (Å²) in [6, 6.07) is 22.8. The molecule has 0 spiro atoms. The summed E-state index contributed by atoms with van der Waals surface area (Å²) in [5.74, 6) is 0.321. The van der Waals surface area contributed by atoms with E-state index in [1.807, 2.05) is 99.3 Å². The zero-order valence-corrected chi connectivity index (χ0v) is 22.3. The SMILES string of the molecule is COc1ccccc1C(=O)Nc1ccc(N(C)C)c(CN(C(=O)C(C)(C)C)C(C)c2ccccc2)c1. The van der Waals surface area contributed by atoms with E-state index in [2.05, 4.69) is 12.2 Å². The van der Waals surface area contributed by atoms with E-state index in [0.29, 0.717) is 23.5 Å². The van der Waals surface area contributed by atoms with Gasteiger partial charge in [-0.25, -0.2) is 0 Å². The van der Waals surface area contributed by atoms with Crippen LogP contribution < -0.4 is 15.0 Å². The molecule has 3 aromatic carbocycles. The highest BCUT2D eigenvalue weighted by Crippen LogP contribution is 2.32. The summed E-state index contributed by atoms with van der Waals surface area (Å²) in [6.45, 7) is 8.28. The van der Waals surface area contributed by atoms with E-state index in [9.17, 15) is 9.59 Å². The first-order valence-electron chi connectivity index (χ1n) is 12.1. The Morgan fingerprint density at radius 2 is 1.58 bits per heavy atom. The second kappa shape index (κ2) is 11.3. The van der Waals surface area contributed by atoms with Crippen LogP contribution in [0.3, 0.4) is 0 Å². The van der Waals surface area contributed by atoms with Crippen LogP contribution in [0.5, 0.6) is 5.75 Å². The number of para-hydroxylation sites is 1. The predicted octanol–water partition coefficient (Wildman–Crippen LogP) is 6.15. The topological polar surface area (TPSA) is 61.9 Å². The summed E-state index contributed by atoms with van der Waals surface area (Å²) in [5.41, 5.74) is 3.57. The average molecular weight is 488 g/mol. The van der Waals surface area contributed by atoms with Gasteiger partial charge in [0.2, 0.25) is 5.91 Å². The van der Waals surface area contributed by atoms with Crippen molar-refractivity contribution in [2.75, 3.05) is 31.4 Å². The van der Waals surface area contributed by atoms with Crippen LogP contribution in [0.2, 0.25) is 0 Å². The molecule has 2 amide bonds. The second-order valence-corrected chi connectivity index (χ2v) is 10.2. The van der Waals surface area contributed by atoms with Crippen molar-refractivity contribution >= 4 is 23.2 Å². The van der Waals surface area contributed by atoms with Crippen LogP contribution in [0, 0.1) is 5.41 Å². The number of amides is 2. The molecule has 0 aliphatic carbocycles. The summed E-state index contributed by atoms with van der Waals surface area (Å²) < 4.78 is 5.35. The number of hydrogen-bond donors (Lipinski definition) is 1. The molecule has 6 heteroatoms. The van der Waals surface area contributed by atoms with Gasteiger partial charge in [0, 0.05) is 37.4 Å². The molecule has 0 radical (unpaired) electrons. The van der Waals surface area contributed by atoms with Gasteiger partial charge in [-0.2, -0.15) is 0 Å². The number of ether oxygens (including phenoxy) is 1. The molecule has 6 nitrogen and oxygen atoms in total. The summed E-state index contributed by atoms with van der Waals surface area (Å²) in [7, 11) is 5.50. The van der Waals surface area contributed by atoms with Crippen molar-refractivity contribution in [3.63, 3.8) is 0 Å². The molecule has 0 aromatic heterocycles. The highest BCUT2D eigenvalue weighted by Gasteiger charge is 2.31. The number of benzene rings is 3. The number of carbonyl (C=O) groups excluding carboxylic acids is 2. The molecule has 1 atom stereocenters. The molecule has 0 saturated carbocycles. The highest BCUT2D eigenvalue weighted by molar-refractivity contribution is 6.06. The van der Waals surface area contributed by atoms with Crippen molar-refractivity contribution < 1.29 is 14.3 Å². The van der Waals surface area contributed by atoms with Crippen LogP contribution >= 0.6 is 0 Å². The number of rotatable bonds is 8. The lowest BCUT2D eigenvalue weighted by atomic mass is 9.92. The van der Waals surface area contributed by atoms with E-state index in [4.69, 9.17) is 4.74 Å². The van der Waals surface area contributed by atoms with E-state index < -0.39 is 5.41 Å². The maximum Gasteiger partial charge on any atom is 0.259 e. The number of nitrogens with zero attached hydrogens (tertiary/aromatic N) is 2. The van der Waals surface area contributed by atoms with Gasteiger partial charge in [0.1, 0.15) is 5.75 Å². The molecule has 0 aliphatic heterocycles. The van der Waals surface area contributed by atoms with Crippen molar-refractivity contribution in [3.05, 3.63) is 89.5 Å². The first-order valence-corrected chi connectivity index (χ1v) is 12.1. The standard InChI is InChI=1S/C30H37N3O3/c1-21(22-13-9-8-10-14-22)33(29(35)30(2,3)4)20-23-19-24(17-18-26(23)32(5)6)31-28(34)25-15-11-12-16-27(25)36-7/h8-19,21H,20H2,1-7H3,(H,31,34). The fraction of sp³-hybridized carbons (Fsp3) is 0.333. The van der Waals surface area contributed by atoms with Gasteiger partial charge < -0.3 is 19.9 Å². The Labute approximate surface area is 214 Å². The van der Waals surface area contributed by atoms with E-state index in [0.717, 1.165) is 16.8 Å². The van der Waals surface area contributed by atoms with Gasteiger partial charge >= 0.3 is 0 Å². The van der Waals surface area contributed by atoms with Gasteiger partial charge in [0.15, 0.2) is 0 Å². The number of anilines is 2. The van der Waals surface area contributed by atoms with E-state index in [-0.39, 0.29) is 17.9 Å². The van der Waals surface area contributed by atoms with Crippen LogP contribution in [0.1, 0.15) is 55.2 Å². The third-order valence-electron chi connectivity index (χ3n) is 6.16. The van der Waals surface area contributed by atoms with Crippen molar-refractivity contribution in [1.29, 1.82) is 0 Å². The van der Waals surface area contributed by atoms with Gasteiger partial charge in [-0.05, 0) is 48.4 Å². The monoisotopic (exact) mass is 487 g/mol. The maximum absolute atomic E-state index is 13.6. The molecule has 1 unspecified atom stereocenters. The van der Waals surface area contributed by atoms with Crippen molar-refractivity contribution in [2.45, 2.75) is 40.3 Å². The summed E-state index contributed by atoms with van der Waals surface area (Å²) >= 11 is 0. The molecule has 3 rings (SSSR count). The molecule has 190 valence electrons. The third kappa shape index (κ3) is 6.25. The largest absolute Gasteiger partial charge is 0.496 e. The molecule has 0 heterocycles. The molecular weight excluding hydrogens is 450 g/mol. The van der Waals surface area contributed by atoms with Crippen LogP contribution in [-0.4, -0.2) is 37.9 Å². The molecule has 1 N–H and O–H groups in total. The Morgan fingerprint density at radius 3 is 2.19 bits per heavy atom. The first-order chi connectivity index (χ1) is 17.0. The lowest BCUT2D eigenvalue weighted by Gasteiger charge is -2.35. The molecule has 36 heavy (non-hydrogen) atoms. The fourth-order valence-corrected chi connectivity index (χ4v) is 4.17. The van der Waals surface area contributed by atoms with Gasteiger partial charge in [0.05, 0.1) is 18.7 Å². The minimum atomic E-state index is -0.545. The van der Waals surface area contributed by atoms with Gasteiger partial charge in [-0.3, -0.25) is 9.59 Å². The minimum absolute atomic E-state index is 0.0621. The molecule has 0 bridgehead atoms. The van der Waals surface area contributed by atoms with Gasteiger partial charge in [-0.15, -0.1) is 0 Å². The lowest BCUT2D eigenvalue weighted by Crippen LogP contribution is -2.40. The Hall–Kier alpha value is -3.80. The zero-order chi connectivity index (χ0) is 26.5. The third-order valence-corrected chi connectivity index (χ3v) is 6.16. The summed E-state index contributed by atoms with van der Waals surface area (Å²) in [5, 5.41) is 2.99. The molecule has 0 aliphatic rings. The number of hydrogen-bond acceptors (Lipinski definition) is 4. The maximum atomic E-state index is 13.6. The van der Waals surface area contributed by atoms with Crippen LogP contribution in [0.15, 0.2) is 72.8 Å². The van der Waals surface area contributed by atoms with Crippen molar-refractivity contribution in [1.82, 2.24) is 4.90 Å². The Kier molecular flexibility index (Phi) is 8.41. The molecular formula is C30H37N3O3. The number of methoxy groups -OCH3 is 1. The zero-order valence-electron chi connectivity index (χ0n) is 22.3. The fourth-order valence-electron chi connectivity index (χ4n) is 4.17.